The molecule has 100 valence electrons. The first-order chi connectivity index (χ1) is 9.04. The van der Waals surface area contributed by atoms with Crippen LogP contribution >= 0.6 is 11.6 Å². The molecule has 0 aromatic carbocycles. The number of hydrogen-bond donors (Lipinski definition) is 3. The molecule has 0 aliphatic rings. The third kappa shape index (κ3) is 2.92. The molecule has 0 atom stereocenters. The van der Waals surface area contributed by atoms with Crippen molar-refractivity contribution in [3.8, 4) is 0 Å². The lowest BCUT2D eigenvalue weighted by molar-refractivity contribution is 0.601. The quantitative estimate of drug-likeness (QED) is 0.578. The van der Waals surface area contributed by atoms with E-state index in [1.807, 2.05) is 0 Å². The van der Waals surface area contributed by atoms with Crippen LogP contribution in [0.25, 0.3) is 0 Å². The van der Waals surface area contributed by atoms with E-state index in [1.54, 1.807) is 6.07 Å². The number of halogens is 1. The summed E-state index contributed by atoms with van der Waals surface area (Å²) >= 11 is 5.85. The summed E-state index contributed by atoms with van der Waals surface area (Å²) in [5, 5.41) is 0.192. The molecule has 0 aliphatic heterocycles. The van der Waals surface area contributed by atoms with Crippen LogP contribution in [0, 0.1) is 0 Å². The van der Waals surface area contributed by atoms with Crippen LogP contribution in [0.2, 0.25) is 5.02 Å². The Morgan fingerprint density at radius 1 is 1.11 bits per heavy atom. The molecule has 9 heteroatoms. The lowest BCUT2D eigenvalue weighted by Gasteiger charge is -2.10. The summed E-state index contributed by atoms with van der Waals surface area (Å²) in [5.41, 5.74) is 2.22. The summed E-state index contributed by atoms with van der Waals surface area (Å²) in [6.45, 7) is 0. The third-order valence-electron chi connectivity index (χ3n) is 2.19. The second-order valence-electron chi connectivity index (χ2n) is 3.43. The van der Waals surface area contributed by atoms with Gasteiger partial charge in [0, 0.05) is 12.4 Å². The van der Waals surface area contributed by atoms with Crippen molar-refractivity contribution in [2.45, 2.75) is 4.90 Å². The number of rotatable bonds is 4. The molecule has 0 bridgehead atoms. The number of nitrogens with one attached hydrogen (secondary N) is 2. The molecule has 2 aromatic rings. The minimum atomic E-state index is -3.88. The zero-order chi connectivity index (χ0) is 13.9. The molecule has 0 saturated heterocycles. The van der Waals surface area contributed by atoms with Gasteiger partial charge in [-0.2, -0.15) is 0 Å². The summed E-state index contributed by atoms with van der Waals surface area (Å²) < 4.78 is 26.6. The SMILES string of the molecule is NNc1ncccc1S(=O)(=O)Nc1ncccc1Cl. The molecule has 0 aliphatic carbocycles. The maximum atomic E-state index is 12.2. The number of nitrogen functional groups attached to an aromatic ring is 1. The van der Waals surface area contributed by atoms with Crippen LogP contribution in [0.15, 0.2) is 41.6 Å². The van der Waals surface area contributed by atoms with E-state index in [0.29, 0.717) is 0 Å². The molecule has 4 N–H and O–H groups in total. The van der Waals surface area contributed by atoms with Crippen LogP contribution in [-0.2, 0) is 10.0 Å². The van der Waals surface area contributed by atoms with Crippen molar-refractivity contribution in [2.75, 3.05) is 10.1 Å². The molecule has 2 aromatic heterocycles. The van der Waals surface area contributed by atoms with E-state index in [4.69, 9.17) is 17.4 Å². The predicted octanol–water partition coefficient (Wildman–Crippen LogP) is 1.22. The standard InChI is InChI=1S/C10H10ClN5O2S/c11-7-3-1-5-13-9(7)16-19(17,18)8-4-2-6-14-10(8)15-12/h1-6H,12H2,(H,13,16)(H,14,15). The van der Waals surface area contributed by atoms with E-state index in [2.05, 4.69) is 20.1 Å². The molecule has 2 rings (SSSR count). The molecule has 0 amide bonds. The number of sulfonamides is 1. The van der Waals surface area contributed by atoms with Gasteiger partial charge in [-0.05, 0) is 24.3 Å². The minimum absolute atomic E-state index is 0.0297. The number of hydrogen-bond acceptors (Lipinski definition) is 6. The second kappa shape index (κ2) is 5.39. The van der Waals surface area contributed by atoms with E-state index in [9.17, 15) is 8.42 Å². The Balaban J connectivity index is 2.41. The molecule has 0 spiro atoms. The van der Waals surface area contributed by atoms with Crippen molar-refractivity contribution in [2.24, 2.45) is 5.84 Å². The highest BCUT2D eigenvalue weighted by Crippen LogP contribution is 2.23. The summed E-state index contributed by atoms with van der Waals surface area (Å²) in [4.78, 5) is 7.57. The lowest BCUT2D eigenvalue weighted by Crippen LogP contribution is -2.19. The molecule has 7 nitrogen and oxygen atoms in total. The molecule has 19 heavy (non-hydrogen) atoms. The Morgan fingerprint density at radius 2 is 1.74 bits per heavy atom. The maximum absolute atomic E-state index is 12.2. The van der Waals surface area contributed by atoms with Gasteiger partial charge in [0.05, 0.1) is 5.02 Å². The first-order valence-electron chi connectivity index (χ1n) is 5.09. The highest BCUT2D eigenvalue weighted by Gasteiger charge is 2.20. The van der Waals surface area contributed by atoms with Gasteiger partial charge in [-0.3, -0.25) is 4.72 Å². The number of hydrazine groups is 1. The number of nitrogens with two attached hydrogens (primary N) is 1. The van der Waals surface area contributed by atoms with Crippen molar-refractivity contribution >= 4 is 33.3 Å². The highest BCUT2D eigenvalue weighted by molar-refractivity contribution is 7.92. The highest BCUT2D eigenvalue weighted by atomic mass is 35.5. The van der Waals surface area contributed by atoms with Crippen LogP contribution < -0.4 is 16.0 Å². The van der Waals surface area contributed by atoms with E-state index in [1.165, 1.54) is 30.6 Å². The third-order valence-corrected chi connectivity index (χ3v) is 3.86. The fourth-order valence-electron chi connectivity index (χ4n) is 1.36. The fourth-order valence-corrected chi connectivity index (χ4v) is 2.73. The van der Waals surface area contributed by atoms with Gasteiger partial charge >= 0.3 is 0 Å². The Hall–Kier alpha value is -1.90. The van der Waals surface area contributed by atoms with Crippen molar-refractivity contribution in [1.82, 2.24) is 9.97 Å². The topological polar surface area (TPSA) is 110 Å². The van der Waals surface area contributed by atoms with E-state index in [-0.39, 0.29) is 21.6 Å². The summed E-state index contributed by atoms with van der Waals surface area (Å²) in [5.74, 6) is 5.29. The molecule has 0 fully saturated rings. The Morgan fingerprint density at radius 3 is 2.37 bits per heavy atom. The van der Waals surface area contributed by atoms with Gasteiger partial charge in [-0.1, -0.05) is 11.6 Å². The van der Waals surface area contributed by atoms with Gasteiger partial charge in [0.25, 0.3) is 10.0 Å². The van der Waals surface area contributed by atoms with Gasteiger partial charge in [-0.15, -0.1) is 0 Å². The second-order valence-corrected chi connectivity index (χ2v) is 5.49. The zero-order valence-electron chi connectivity index (χ0n) is 9.54. The zero-order valence-corrected chi connectivity index (χ0v) is 11.1. The molecule has 0 unspecified atom stereocenters. The van der Waals surface area contributed by atoms with Gasteiger partial charge in [0.15, 0.2) is 11.6 Å². The monoisotopic (exact) mass is 299 g/mol. The largest absolute Gasteiger partial charge is 0.307 e. The van der Waals surface area contributed by atoms with Crippen LogP contribution in [0.4, 0.5) is 11.6 Å². The average Bonchev–Trinajstić information content (AvgIpc) is 2.41. The Labute approximate surface area is 114 Å². The number of anilines is 2. The van der Waals surface area contributed by atoms with Gasteiger partial charge in [0.1, 0.15) is 4.90 Å². The van der Waals surface area contributed by atoms with Crippen LogP contribution in [0.1, 0.15) is 0 Å². The number of aromatic nitrogens is 2. The smallest absolute Gasteiger partial charge is 0.266 e. The van der Waals surface area contributed by atoms with Crippen LogP contribution in [0.5, 0.6) is 0 Å². The summed E-state index contributed by atoms with van der Waals surface area (Å²) in [6.07, 6.45) is 2.84. The molecule has 2 heterocycles. The van der Waals surface area contributed by atoms with Gasteiger partial charge in [-0.25, -0.2) is 24.2 Å². The Bertz CT molecular complexity index is 692. The maximum Gasteiger partial charge on any atom is 0.266 e. The van der Waals surface area contributed by atoms with E-state index >= 15 is 0 Å². The molecular weight excluding hydrogens is 290 g/mol. The van der Waals surface area contributed by atoms with Crippen LogP contribution in [-0.4, -0.2) is 18.4 Å². The first kappa shape index (κ1) is 13.5. The summed E-state index contributed by atoms with van der Waals surface area (Å²) in [6, 6.07) is 5.96. The van der Waals surface area contributed by atoms with Gasteiger partial charge < -0.3 is 5.43 Å². The first-order valence-corrected chi connectivity index (χ1v) is 6.95. The van der Waals surface area contributed by atoms with Crippen molar-refractivity contribution < 1.29 is 8.42 Å². The van der Waals surface area contributed by atoms with E-state index in [0.717, 1.165) is 0 Å². The molecule has 0 radical (unpaired) electrons. The summed E-state index contributed by atoms with van der Waals surface area (Å²) in [7, 11) is -3.88. The number of nitrogens with zero attached hydrogens (tertiary/aromatic N) is 2. The average molecular weight is 300 g/mol. The van der Waals surface area contributed by atoms with E-state index < -0.39 is 10.0 Å². The number of pyridine rings is 2. The molecular formula is C10H10ClN5O2S. The van der Waals surface area contributed by atoms with Crippen LogP contribution in [0.3, 0.4) is 0 Å². The van der Waals surface area contributed by atoms with Crippen molar-refractivity contribution in [3.05, 3.63) is 41.7 Å². The molecule has 0 saturated carbocycles. The lowest BCUT2D eigenvalue weighted by atomic mass is 10.5. The minimum Gasteiger partial charge on any atom is -0.307 e. The van der Waals surface area contributed by atoms with Crippen molar-refractivity contribution in [3.63, 3.8) is 0 Å². The predicted molar refractivity (Wildman–Crippen MR) is 72.1 cm³/mol. The Kier molecular flexibility index (Phi) is 3.84. The fraction of sp³-hybridized carbons (Fsp3) is 0. The normalized spacial score (nSPS) is 11.1. The van der Waals surface area contributed by atoms with Crippen molar-refractivity contribution in [1.29, 1.82) is 0 Å². The van der Waals surface area contributed by atoms with Gasteiger partial charge in [0.2, 0.25) is 0 Å².